The SMILES string of the molecule is NC(=O)C1=C(c2ccccc2)c2ccccc2OC1N. The average Bonchev–Trinajstić information content (AvgIpc) is 2.46. The molecule has 0 radical (unpaired) electrons. The molecular weight excluding hydrogens is 252 g/mol. The van der Waals surface area contributed by atoms with Gasteiger partial charge < -0.3 is 10.5 Å². The summed E-state index contributed by atoms with van der Waals surface area (Å²) in [4.78, 5) is 11.8. The number of nitrogens with two attached hydrogens (primary N) is 2. The Morgan fingerprint density at radius 3 is 2.35 bits per heavy atom. The van der Waals surface area contributed by atoms with E-state index < -0.39 is 12.1 Å². The third-order valence-corrected chi connectivity index (χ3v) is 3.29. The van der Waals surface area contributed by atoms with Crippen molar-refractivity contribution in [1.29, 1.82) is 0 Å². The van der Waals surface area contributed by atoms with Crippen LogP contribution in [-0.4, -0.2) is 12.1 Å². The van der Waals surface area contributed by atoms with Crippen molar-refractivity contribution in [1.82, 2.24) is 0 Å². The van der Waals surface area contributed by atoms with Crippen LogP contribution >= 0.6 is 0 Å². The molecule has 4 N–H and O–H groups in total. The highest BCUT2D eigenvalue weighted by Crippen LogP contribution is 2.38. The van der Waals surface area contributed by atoms with Crippen molar-refractivity contribution >= 4 is 11.5 Å². The van der Waals surface area contributed by atoms with Gasteiger partial charge in [-0.25, -0.2) is 0 Å². The molecule has 1 aliphatic rings. The molecule has 1 amide bonds. The first-order valence-corrected chi connectivity index (χ1v) is 6.29. The van der Waals surface area contributed by atoms with Crippen LogP contribution in [0.2, 0.25) is 0 Å². The van der Waals surface area contributed by atoms with Gasteiger partial charge >= 0.3 is 0 Å². The van der Waals surface area contributed by atoms with Gasteiger partial charge in [-0.2, -0.15) is 0 Å². The quantitative estimate of drug-likeness (QED) is 0.867. The Balaban J connectivity index is 2.32. The van der Waals surface area contributed by atoms with E-state index in [-0.39, 0.29) is 0 Å². The Bertz CT molecular complexity index is 693. The van der Waals surface area contributed by atoms with Crippen LogP contribution in [0.3, 0.4) is 0 Å². The van der Waals surface area contributed by atoms with Crippen molar-refractivity contribution in [2.24, 2.45) is 11.5 Å². The lowest BCUT2D eigenvalue weighted by Gasteiger charge is -2.27. The zero-order valence-electron chi connectivity index (χ0n) is 10.7. The number of carbonyl (C=O) groups is 1. The first-order valence-electron chi connectivity index (χ1n) is 6.29. The third-order valence-electron chi connectivity index (χ3n) is 3.29. The number of para-hydroxylation sites is 1. The molecule has 0 aromatic heterocycles. The van der Waals surface area contributed by atoms with Crippen LogP contribution in [0.5, 0.6) is 5.75 Å². The standard InChI is InChI=1S/C16H14N2O2/c17-15(19)14-13(10-6-2-1-3-7-10)11-8-4-5-9-12(11)20-16(14)18/h1-9,16H,18H2,(H2,17,19). The second kappa shape index (κ2) is 4.83. The van der Waals surface area contributed by atoms with Crippen molar-refractivity contribution < 1.29 is 9.53 Å². The monoisotopic (exact) mass is 266 g/mol. The summed E-state index contributed by atoms with van der Waals surface area (Å²) < 4.78 is 5.58. The molecule has 3 rings (SSSR count). The number of carbonyl (C=O) groups excluding carboxylic acids is 1. The molecular formula is C16H14N2O2. The van der Waals surface area contributed by atoms with E-state index in [9.17, 15) is 4.79 Å². The van der Waals surface area contributed by atoms with Gasteiger partial charge in [0.2, 0.25) is 5.91 Å². The lowest BCUT2D eigenvalue weighted by Crippen LogP contribution is -2.39. The fourth-order valence-electron chi connectivity index (χ4n) is 2.44. The van der Waals surface area contributed by atoms with Gasteiger partial charge in [0.05, 0.1) is 5.57 Å². The van der Waals surface area contributed by atoms with E-state index in [2.05, 4.69) is 0 Å². The number of hydrogen-bond acceptors (Lipinski definition) is 3. The second-order valence-corrected chi connectivity index (χ2v) is 4.55. The van der Waals surface area contributed by atoms with Gasteiger partial charge in [-0.3, -0.25) is 10.5 Å². The van der Waals surface area contributed by atoms with Crippen LogP contribution in [0, 0.1) is 0 Å². The van der Waals surface area contributed by atoms with Crippen molar-refractivity contribution in [2.75, 3.05) is 0 Å². The van der Waals surface area contributed by atoms with E-state index in [0.29, 0.717) is 11.3 Å². The number of primary amides is 1. The van der Waals surface area contributed by atoms with Gasteiger partial charge in [-0.15, -0.1) is 0 Å². The Morgan fingerprint density at radius 1 is 1.00 bits per heavy atom. The first kappa shape index (κ1) is 12.4. The molecule has 2 aromatic carbocycles. The second-order valence-electron chi connectivity index (χ2n) is 4.55. The molecule has 0 aliphatic carbocycles. The number of hydrogen-bond donors (Lipinski definition) is 2. The molecule has 1 unspecified atom stereocenters. The first-order chi connectivity index (χ1) is 9.68. The highest BCUT2D eigenvalue weighted by molar-refractivity contribution is 6.06. The summed E-state index contributed by atoms with van der Waals surface area (Å²) in [6.45, 7) is 0. The summed E-state index contributed by atoms with van der Waals surface area (Å²) in [6, 6.07) is 17.1. The van der Waals surface area contributed by atoms with Gasteiger partial charge in [0.1, 0.15) is 5.75 Å². The van der Waals surface area contributed by atoms with E-state index in [1.165, 1.54) is 0 Å². The molecule has 0 saturated heterocycles. The van der Waals surface area contributed by atoms with E-state index in [1.807, 2.05) is 54.6 Å². The molecule has 1 aliphatic heterocycles. The van der Waals surface area contributed by atoms with Crippen LogP contribution in [-0.2, 0) is 4.79 Å². The number of fused-ring (bicyclic) bond motifs is 1. The van der Waals surface area contributed by atoms with Gasteiger partial charge in [-0.05, 0) is 11.6 Å². The summed E-state index contributed by atoms with van der Waals surface area (Å²) in [5.74, 6) is 0.0923. The van der Waals surface area contributed by atoms with Crippen LogP contribution in [0.25, 0.3) is 5.57 Å². The lowest BCUT2D eigenvalue weighted by atomic mass is 9.89. The predicted molar refractivity (Wildman–Crippen MR) is 76.7 cm³/mol. The molecule has 4 nitrogen and oxygen atoms in total. The topological polar surface area (TPSA) is 78.3 Å². The Kier molecular flexibility index (Phi) is 3.00. The molecule has 0 saturated carbocycles. The van der Waals surface area contributed by atoms with Gasteiger partial charge in [-0.1, -0.05) is 48.5 Å². The summed E-state index contributed by atoms with van der Waals surface area (Å²) in [6.07, 6.45) is -0.849. The Labute approximate surface area is 116 Å². The highest BCUT2D eigenvalue weighted by atomic mass is 16.5. The molecule has 100 valence electrons. The van der Waals surface area contributed by atoms with Crippen molar-refractivity contribution in [2.45, 2.75) is 6.23 Å². The van der Waals surface area contributed by atoms with Crippen LogP contribution < -0.4 is 16.2 Å². The lowest BCUT2D eigenvalue weighted by molar-refractivity contribution is -0.115. The molecule has 0 spiro atoms. The molecule has 2 aromatic rings. The van der Waals surface area contributed by atoms with Crippen LogP contribution in [0.1, 0.15) is 11.1 Å². The largest absolute Gasteiger partial charge is 0.470 e. The number of amides is 1. The summed E-state index contributed by atoms with van der Waals surface area (Å²) in [5.41, 5.74) is 14.2. The normalized spacial score (nSPS) is 17.4. The van der Waals surface area contributed by atoms with E-state index in [0.717, 1.165) is 16.7 Å². The third kappa shape index (κ3) is 1.96. The molecule has 20 heavy (non-hydrogen) atoms. The van der Waals surface area contributed by atoms with Crippen molar-refractivity contribution in [3.05, 3.63) is 71.3 Å². The van der Waals surface area contributed by atoms with E-state index in [1.54, 1.807) is 0 Å². The number of rotatable bonds is 2. The molecule has 1 atom stereocenters. The summed E-state index contributed by atoms with van der Waals surface area (Å²) in [5, 5.41) is 0. The summed E-state index contributed by atoms with van der Waals surface area (Å²) >= 11 is 0. The molecule has 0 bridgehead atoms. The predicted octanol–water partition coefficient (Wildman–Crippen LogP) is 1.65. The smallest absolute Gasteiger partial charge is 0.250 e. The molecule has 1 heterocycles. The maximum atomic E-state index is 11.8. The highest BCUT2D eigenvalue weighted by Gasteiger charge is 2.30. The van der Waals surface area contributed by atoms with Gasteiger partial charge in [0.15, 0.2) is 6.23 Å². The zero-order chi connectivity index (χ0) is 14.1. The van der Waals surface area contributed by atoms with Crippen molar-refractivity contribution in [3.8, 4) is 5.75 Å². The fourth-order valence-corrected chi connectivity index (χ4v) is 2.44. The maximum Gasteiger partial charge on any atom is 0.250 e. The minimum Gasteiger partial charge on any atom is -0.470 e. The molecule has 0 fully saturated rings. The summed E-state index contributed by atoms with van der Waals surface area (Å²) in [7, 11) is 0. The Hall–Kier alpha value is -2.59. The average molecular weight is 266 g/mol. The minimum atomic E-state index is -0.849. The molecule has 4 heteroatoms. The number of ether oxygens (including phenoxy) is 1. The maximum absolute atomic E-state index is 11.8. The van der Waals surface area contributed by atoms with Crippen molar-refractivity contribution in [3.63, 3.8) is 0 Å². The minimum absolute atomic E-state index is 0.301. The van der Waals surface area contributed by atoms with Crippen LogP contribution in [0.4, 0.5) is 0 Å². The fraction of sp³-hybridized carbons (Fsp3) is 0.0625. The van der Waals surface area contributed by atoms with Gasteiger partial charge in [0.25, 0.3) is 0 Å². The number of benzene rings is 2. The van der Waals surface area contributed by atoms with E-state index in [4.69, 9.17) is 16.2 Å². The Morgan fingerprint density at radius 2 is 1.65 bits per heavy atom. The zero-order valence-corrected chi connectivity index (χ0v) is 10.7. The van der Waals surface area contributed by atoms with Gasteiger partial charge in [0, 0.05) is 11.1 Å². The van der Waals surface area contributed by atoms with E-state index >= 15 is 0 Å². The van der Waals surface area contributed by atoms with Crippen LogP contribution in [0.15, 0.2) is 60.2 Å².